The SMILES string of the molecule is Cc1cc(=O)[nH]c(N/N=C/c2cccc(OCc3c(F)cccc3Cl)c2)n1. The molecule has 1 heterocycles. The first-order valence-corrected chi connectivity index (χ1v) is 8.42. The van der Waals surface area contributed by atoms with Crippen LogP contribution in [0.3, 0.4) is 0 Å². The number of ether oxygens (including phenoxy) is 1. The third-order valence-corrected chi connectivity index (χ3v) is 3.91. The second-order valence-corrected chi connectivity index (χ2v) is 6.07. The van der Waals surface area contributed by atoms with Crippen LogP contribution in [0.4, 0.5) is 10.3 Å². The molecule has 0 fully saturated rings. The highest BCUT2D eigenvalue weighted by Crippen LogP contribution is 2.21. The van der Waals surface area contributed by atoms with E-state index >= 15 is 0 Å². The smallest absolute Gasteiger partial charge is 0.252 e. The van der Waals surface area contributed by atoms with E-state index in [1.165, 1.54) is 12.1 Å². The van der Waals surface area contributed by atoms with Gasteiger partial charge in [-0.3, -0.25) is 9.78 Å². The van der Waals surface area contributed by atoms with Crippen molar-refractivity contribution in [2.45, 2.75) is 13.5 Å². The molecule has 2 N–H and O–H groups in total. The molecule has 0 radical (unpaired) electrons. The van der Waals surface area contributed by atoms with E-state index in [9.17, 15) is 9.18 Å². The third-order valence-electron chi connectivity index (χ3n) is 3.56. The standard InChI is InChI=1S/C19H16ClFN4O2/c1-12-8-18(26)24-19(23-12)25-22-10-13-4-2-5-14(9-13)27-11-15-16(20)6-3-7-17(15)21/h2-10H,11H2,1H3,(H2,23,24,25,26)/b22-10+. The first kappa shape index (κ1) is 18.6. The number of aromatic amines is 1. The minimum atomic E-state index is -0.413. The van der Waals surface area contributed by atoms with Crippen molar-refractivity contribution in [3.63, 3.8) is 0 Å². The molecule has 0 unspecified atom stereocenters. The Balaban J connectivity index is 1.65. The molecule has 0 saturated carbocycles. The zero-order chi connectivity index (χ0) is 19.2. The summed E-state index contributed by atoms with van der Waals surface area (Å²) in [7, 11) is 0. The lowest BCUT2D eigenvalue weighted by atomic mass is 10.2. The topological polar surface area (TPSA) is 79.4 Å². The van der Waals surface area contributed by atoms with Crippen LogP contribution in [-0.4, -0.2) is 16.2 Å². The van der Waals surface area contributed by atoms with Crippen LogP contribution < -0.4 is 15.7 Å². The van der Waals surface area contributed by atoms with Gasteiger partial charge < -0.3 is 4.74 Å². The lowest BCUT2D eigenvalue weighted by Crippen LogP contribution is -2.10. The van der Waals surface area contributed by atoms with Gasteiger partial charge in [0.05, 0.1) is 11.2 Å². The Kier molecular flexibility index (Phi) is 5.83. The minimum Gasteiger partial charge on any atom is -0.489 e. The van der Waals surface area contributed by atoms with Crippen LogP contribution in [0.5, 0.6) is 5.75 Å². The van der Waals surface area contributed by atoms with Crippen molar-refractivity contribution in [2.75, 3.05) is 5.43 Å². The van der Waals surface area contributed by atoms with Crippen LogP contribution >= 0.6 is 11.6 Å². The quantitative estimate of drug-likeness (QED) is 0.497. The molecule has 6 nitrogen and oxygen atoms in total. The van der Waals surface area contributed by atoms with Crippen LogP contribution in [0.25, 0.3) is 0 Å². The molecule has 138 valence electrons. The summed E-state index contributed by atoms with van der Waals surface area (Å²) in [6.07, 6.45) is 1.55. The van der Waals surface area contributed by atoms with Gasteiger partial charge >= 0.3 is 0 Å². The van der Waals surface area contributed by atoms with E-state index in [2.05, 4.69) is 20.5 Å². The number of hydrazone groups is 1. The maximum Gasteiger partial charge on any atom is 0.252 e. The van der Waals surface area contributed by atoms with E-state index in [4.69, 9.17) is 16.3 Å². The van der Waals surface area contributed by atoms with Crippen molar-refractivity contribution in [1.29, 1.82) is 0 Å². The fourth-order valence-corrected chi connectivity index (χ4v) is 2.53. The molecule has 0 spiro atoms. The van der Waals surface area contributed by atoms with E-state index in [0.29, 0.717) is 22.0 Å². The molecule has 0 atom stereocenters. The highest BCUT2D eigenvalue weighted by atomic mass is 35.5. The lowest BCUT2D eigenvalue weighted by molar-refractivity contribution is 0.300. The van der Waals surface area contributed by atoms with E-state index in [-0.39, 0.29) is 18.1 Å². The van der Waals surface area contributed by atoms with Gasteiger partial charge in [-0.2, -0.15) is 5.10 Å². The Bertz CT molecular complexity index is 1020. The number of aryl methyl sites for hydroxylation is 1. The summed E-state index contributed by atoms with van der Waals surface area (Å²) in [6, 6.07) is 13.0. The van der Waals surface area contributed by atoms with Gasteiger partial charge in [0.25, 0.3) is 5.56 Å². The number of nitrogens with zero attached hydrogens (tertiary/aromatic N) is 2. The largest absolute Gasteiger partial charge is 0.489 e. The first-order valence-electron chi connectivity index (χ1n) is 8.04. The molecule has 27 heavy (non-hydrogen) atoms. The van der Waals surface area contributed by atoms with Crippen LogP contribution in [0.1, 0.15) is 16.8 Å². The summed E-state index contributed by atoms with van der Waals surface area (Å²) >= 11 is 6.00. The molecule has 0 bridgehead atoms. The maximum atomic E-state index is 13.8. The van der Waals surface area contributed by atoms with E-state index in [0.717, 1.165) is 5.56 Å². The molecule has 8 heteroatoms. The minimum absolute atomic E-state index is 0.0127. The summed E-state index contributed by atoms with van der Waals surface area (Å²) in [5.74, 6) is 0.377. The fourth-order valence-electron chi connectivity index (χ4n) is 2.31. The number of hydrogen-bond acceptors (Lipinski definition) is 5. The molecule has 0 aliphatic rings. The van der Waals surface area contributed by atoms with Gasteiger partial charge in [0.1, 0.15) is 18.2 Å². The third kappa shape index (κ3) is 5.15. The Morgan fingerprint density at radius 2 is 2.11 bits per heavy atom. The predicted molar refractivity (Wildman–Crippen MR) is 103 cm³/mol. The molecule has 2 aromatic carbocycles. The summed E-state index contributed by atoms with van der Waals surface area (Å²) < 4.78 is 19.4. The van der Waals surface area contributed by atoms with Gasteiger partial charge in [0.2, 0.25) is 5.95 Å². The number of hydrogen-bond donors (Lipinski definition) is 2. The van der Waals surface area contributed by atoms with Crippen LogP contribution in [0.2, 0.25) is 5.02 Å². The zero-order valence-electron chi connectivity index (χ0n) is 14.4. The molecule has 0 amide bonds. The van der Waals surface area contributed by atoms with Crippen LogP contribution in [-0.2, 0) is 6.61 Å². The maximum absolute atomic E-state index is 13.8. The van der Waals surface area contributed by atoms with Crippen molar-refractivity contribution < 1.29 is 9.13 Å². The number of aromatic nitrogens is 2. The Labute approximate surface area is 159 Å². The molecule has 0 aliphatic carbocycles. The van der Waals surface area contributed by atoms with Crippen LogP contribution in [0, 0.1) is 12.7 Å². The lowest BCUT2D eigenvalue weighted by Gasteiger charge is -2.09. The van der Waals surface area contributed by atoms with Crippen molar-refractivity contribution in [3.05, 3.63) is 86.5 Å². The van der Waals surface area contributed by atoms with E-state index in [1.807, 2.05) is 6.07 Å². The van der Waals surface area contributed by atoms with E-state index < -0.39 is 5.82 Å². The predicted octanol–water partition coefficient (Wildman–Crippen LogP) is 3.90. The second-order valence-electron chi connectivity index (χ2n) is 5.67. The van der Waals surface area contributed by atoms with E-state index in [1.54, 1.807) is 43.5 Å². The van der Waals surface area contributed by atoms with Crippen LogP contribution in [0.15, 0.2) is 58.4 Å². The number of anilines is 1. The highest BCUT2D eigenvalue weighted by Gasteiger charge is 2.07. The summed E-state index contributed by atoms with van der Waals surface area (Å²) in [5.41, 5.74) is 4.03. The zero-order valence-corrected chi connectivity index (χ0v) is 15.1. The summed E-state index contributed by atoms with van der Waals surface area (Å²) in [4.78, 5) is 18.0. The van der Waals surface area contributed by atoms with Crippen molar-refractivity contribution in [3.8, 4) is 5.75 Å². The number of halogens is 2. The molecule has 3 aromatic rings. The summed E-state index contributed by atoms with van der Waals surface area (Å²) in [5, 5.41) is 4.35. The van der Waals surface area contributed by atoms with Gasteiger partial charge in [-0.1, -0.05) is 29.8 Å². The van der Waals surface area contributed by atoms with Crippen molar-refractivity contribution in [2.24, 2.45) is 5.10 Å². The van der Waals surface area contributed by atoms with Crippen molar-refractivity contribution in [1.82, 2.24) is 9.97 Å². The molecule has 0 saturated heterocycles. The fraction of sp³-hybridized carbons (Fsp3) is 0.105. The second kappa shape index (κ2) is 8.46. The number of H-pyrrole nitrogens is 1. The molecular formula is C19H16ClFN4O2. The highest BCUT2D eigenvalue weighted by molar-refractivity contribution is 6.31. The van der Waals surface area contributed by atoms with Gasteiger partial charge in [-0.25, -0.2) is 14.8 Å². The van der Waals surface area contributed by atoms with Crippen molar-refractivity contribution >= 4 is 23.8 Å². The Hall–Kier alpha value is -3.19. The normalized spacial score (nSPS) is 10.9. The first-order chi connectivity index (χ1) is 13.0. The number of benzene rings is 2. The summed E-state index contributed by atoms with van der Waals surface area (Å²) in [6.45, 7) is 1.73. The number of rotatable bonds is 6. The van der Waals surface area contributed by atoms with Gasteiger partial charge in [0, 0.05) is 17.3 Å². The number of nitrogens with one attached hydrogen (secondary N) is 2. The molecule has 0 aliphatic heterocycles. The molecular weight excluding hydrogens is 371 g/mol. The average Bonchev–Trinajstić information content (AvgIpc) is 2.61. The van der Waals surface area contributed by atoms with Gasteiger partial charge in [-0.05, 0) is 36.8 Å². The average molecular weight is 387 g/mol. The monoisotopic (exact) mass is 386 g/mol. The molecule has 1 aromatic heterocycles. The Morgan fingerprint density at radius 1 is 1.30 bits per heavy atom. The van der Waals surface area contributed by atoms with Gasteiger partial charge in [-0.15, -0.1) is 0 Å². The van der Waals surface area contributed by atoms with Gasteiger partial charge in [0.15, 0.2) is 0 Å². The molecule has 3 rings (SSSR count). The Morgan fingerprint density at radius 3 is 2.89 bits per heavy atom.